The third kappa shape index (κ3) is 5.87. The lowest BCUT2D eigenvalue weighted by Gasteiger charge is -2.31. The van der Waals surface area contributed by atoms with Gasteiger partial charge in [-0.3, -0.25) is 9.59 Å². The third-order valence-corrected chi connectivity index (χ3v) is 4.48. The van der Waals surface area contributed by atoms with E-state index in [0.717, 1.165) is 25.7 Å². The molecule has 0 heterocycles. The van der Waals surface area contributed by atoms with Crippen molar-refractivity contribution in [2.75, 3.05) is 20.3 Å². The van der Waals surface area contributed by atoms with E-state index in [0.29, 0.717) is 12.3 Å². The molecule has 0 radical (unpaired) electrons. The average molecular weight is 333 g/mol. The van der Waals surface area contributed by atoms with Crippen LogP contribution in [-0.2, 0) is 14.3 Å². The van der Waals surface area contributed by atoms with E-state index in [-0.39, 0.29) is 30.9 Å². The number of carbonyl (C=O) groups excluding carboxylic acids is 2. The van der Waals surface area contributed by atoms with Crippen molar-refractivity contribution < 1.29 is 19.1 Å². The summed E-state index contributed by atoms with van der Waals surface area (Å²) in [5.41, 5.74) is 0. The van der Waals surface area contributed by atoms with E-state index in [1.807, 2.05) is 35.2 Å². The van der Waals surface area contributed by atoms with E-state index < -0.39 is 0 Å². The fourth-order valence-corrected chi connectivity index (χ4v) is 3.14. The van der Waals surface area contributed by atoms with E-state index in [1.54, 1.807) is 0 Å². The lowest BCUT2D eigenvalue weighted by molar-refractivity contribution is -0.143. The minimum absolute atomic E-state index is 0.00167. The number of para-hydroxylation sites is 1. The first-order chi connectivity index (χ1) is 11.7. The Balaban J connectivity index is 1.96. The molecule has 1 aliphatic carbocycles. The summed E-state index contributed by atoms with van der Waals surface area (Å²) in [4.78, 5) is 26.0. The Morgan fingerprint density at radius 3 is 2.38 bits per heavy atom. The molecule has 1 aromatic carbocycles. The Hall–Kier alpha value is -2.04. The molecule has 0 aliphatic heterocycles. The maximum atomic E-state index is 12.7. The summed E-state index contributed by atoms with van der Waals surface area (Å²) < 4.78 is 10.3. The highest BCUT2D eigenvalue weighted by atomic mass is 16.5. The van der Waals surface area contributed by atoms with Crippen LogP contribution < -0.4 is 4.74 Å². The van der Waals surface area contributed by atoms with Crippen LogP contribution in [0.25, 0.3) is 0 Å². The van der Waals surface area contributed by atoms with Crippen molar-refractivity contribution in [3.63, 3.8) is 0 Å². The number of amides is 1. The summed E-state index contributed by atoms with van der Waals surface area (Å²) in [5.74, 6) is 0.333. The first-order valence-corrected chi connectivity index (χ1v) is 8.75. The molecule has 0 aromatic heterocycles. The van der Waals surface area contributed by atoms with Gasteiger partial charge in [-0.25, -0.2) is 0 Å². The Labute approximate surface area is 143 Å². The summed E-state index contributed by atoms with van der Waals surface area (Å²) in [6.07, 6.45) is 6.92. The molecule has 24 heavy (non-hydrogen) atoms. The molecule has 2 rings (SSSR count). The van der Waals surface area contributed by atoms with Gasteiger partial charge >= 0.3 is 5.97 Å². The molecule has 1 aliphatic rings. The van der Waals surface area contributed by atoms with Crippen molar-refractivity contribution >= 4 is 11.9 Å². The Morgan fingerprint density at radius 1 is 1.08 bits per heavy atom. The number of benzene rings is 1. The zero-order valence-corrected chi connectivity index (χ0v) is 14.4. The lowest BCUT2D eigenvalue weighted by atomic mass is 10.1. The summed E-state index contributed by atoms with van der Waals surface area (Å²) in [6, 6.07) is 9.52. The third-order valence-electron chi connectivity index (χ3n) is 4.48. The van der Waals surface area contributed by atoms with Gasteiger partial charge in [-0.1, -0.05) is 43.9 Å². The van der Waals surface area contributed by atoms with Crippen LogP contribution in [0, 0.1) is 0 Å². The molecule has 132 valence electrons. The monoisotopic (exact) mass is 333 g/mol. The minimum Gasteiger partial charge on any atom is -0.484 e. The smallest absolute Gasteiger partial charge is 0.307 e. The first kappa shape index (κ1) is 18.3. The van der Waals surface area contributed by atoms with Crippen LogP contribution in [0.3, 0.4) is 0 Å². The van der Waals surface area contributed by atoms with Crippen LogP contribution in [0.4, 0.5) is 0 Å². The highest BCUT2D eigenvalue weighted by Gasteiger charge is 2.25. The molecule has 0 saturated heterocycles. The van der Waals surface area contributed by atoms with E-state index >= 15 is 0 Å². The van der Waals surface area contributed by atoms with Gasteiger partial charge in [-0.2, -0.15) is 0 Å². The summed E-state index contributed by atoms with van der Waals surface area (Å²) >= 11 is 0. The van der Waals surface area contributed by atoms with Crippen molar-refractivity contribution in [2.24, 2.45) is 0 Å². The maximum Gasteiger partial charge on any atom is 0.307 e. The molecule has 0 N–H and O–H groups in total. The Kier molecular flexibility index (Phi) is 7.59. The van der Waals surface area contributed by atoms with Crippen molar-refractivity contribution in [1.29, 1.82) is 0 Å². The Bertz CT molecular complexity index is 509. The molecule has 1 amide bonds. The fraction of sp³-hybridized carbons (Fsp3) is 0.579. The SMILES string of the molecule is COC(=O)CCN(C(=O)COc1ccccc1)C1CCCCCC1. The average Bonchev–Trinajstić information content (AvgIpc) is 2.90. The predicted molar refractivity (Wildman–Crippen MR) is 91.8 cm³/mol. The summed E-state index contributed by atoms with van der Waals surface area (Å²) in [7, 11) is 1.37. The number of methoxy groups -OCH3 is 1. The van der Waals surface area contributed by atoms with Gasteiger partial charge in [0.15, 0.2) is 6.61 Å². The number of esters is 1. The lowest BCUT2D eigenvalue weighted by Crippen LogP contribution is -2.43. The van der Waals surface area contributed by atoms with Gasteiger partial charge < -0.3 is 14.4 Å². The molecule has 1 aromatic rings. The summed E-state index contributed by atoms with van der Waals surface area (Å²) in [6.45, 7) is 0.399. The molecule has 5 heteroatoms. The number of carbonyl (C=O) groups is 2. The standard InChI is InChI=1S/C19H27NO4/c1-23-19(22)13-14-20(16-9-5-2-3-6-10-16)18(21)15-24-17-11-7-4-8-12-17/h4,7-8,11-12,16H,2-3,5-6,9-10,13-15H2,1H3. The van der Waals surface area contributed by atoms with Crippen molar-refractivity contribution in [2.45, 2.75) is 51.0 Å². The van der Waals surface area contributed by atoms with Gasteiger partial charge in [0.05, 0.1) is 13.5 Å². The van der Waals surface area contributed by atoms with Crippen molar-refractivity contribution in [3.05, 3.63) is 30.3 Å². The fourth-order valence-electron chi connectivity index (χ4n) is 3.14. The van der Waals surface area contributed by atoms with Crippen molar-refractivity contribution in [1.82, 2.24) is 4.90 Å². The van der Waals surface area contributed by atoms with Gasteiger partial charge in [0.1, 0.15) is 5.75 Å². The molecular formula is C19H27NO4. The molecule has 0 spiro atoms. The second kappa shape index (κ2) is 9.96. The van der Waals surface area contributed by atoms with Gasteiger partial charge in [-0.05, 0) is 25.0 Å². The zero-order chi connectivity index (χ0) is 17.2. The topological polar surface area (TPSA) is 55.8 Å². The van der Waals surface area contributed by atoms with Crippen LogP contribution in [0.2, 0.25) is 0 Å². The molecule has 5 nitrogen and oxygen atoms in total. The molecule has 1 fully saturated rings. The second-order valence-electron chi connectivity index (χ2n) is 6.16. The van der Waals surface area contributed by atoms with E-state index in [9.17, 15) is 9.59 Å². The van der Waals surface area contributed by atoms with Crippen LogP contribution >= 0.6 is 0 Å². The molecule has 0 atom stereocenters. The van der Waals surface area contributed by atoms with E-state index in [4.69, 9.17) is 9.47 Å². The number of nitrogens with zero attached hydrogens (tertiary/aromatic N) is 1. The first-order valence-electron chi connectivity index (χ1n) is 8.75. The highest BCUT2D eigenvalue weighted by Crippen LogP contribution is 2.22. The molecular weight excluding hydrogens is 306 g/mol. The predicted octanol–water partition coefficient (Wildman–Crippen LogP) is 3.18. The minimum atomic E-state index is -0.287. The van der Waals surface area contributed by atoms with Crippen LogP contribution in [-0.4, -0.2) is 43.1 Å². The van der Waals surface area contributed by atoms with Gasteiger partial charge in [0.2, 0.25) is 0 Å². The largest absolute Gasteiger partial charge is 0.484 e. The van der Waals surface area contributed by atoms with E-state index in [2.05, 4.69) is 0 Å². The second-order valence-corrected chi connectivity index (χ2v) is 6.16. The van der Waals surface area contributed by atoms with E-state index in [1.165, 1.54) is 20.0 Å². The van der Waals surface area contributed by atoms with Gasteiger partial charge in [0.25, 0.3) is 5.91 Å². The Morgan fingerprint density at radius 2 is 1.75 bits per heavy atom. The van der Waals surface area contributed by atoms with Crippen LogP contribution in [0.5, 0.6) is 5.75 Å². The summed E-state index contributed by atoms with van der Waals surface area (Å²) in [5, 5.41) is 0. The van der Waals surface area contributed by atoms with Crippen molar-refractivity contribution in [3.8, 4) is 5.75 Å². The van der Waals surface area contributed by atoms with Gasteiger partial charge in [-0.15, -0.1) is 0 Å². The number of hydrogen-bond donors (Lipinski definition) is 0. The molecule has 0 unspecified atom stereocenters. The molecule has 0 bridgehead atoms. The quantitative estimate of drug-likeness (QED) is 0.568. The zero-order valence-electron chi connectivity index (χ0n) is 14.4. The number of rotatable bonds is 7. The van der Waals surface area contributed by atoms with Crippen LogP contribution in [0.1, 0.15) is 44.9 Å². The van der Waals surface area contributed by atoms with Gasteiger partial charge in [0, 0.05) is 12.6 Å². The van der Waals surface area contributed by atoms with Crippen LogP contribution in [0.15, 0.2) is 30.3 Å². The number of hydrogen-bond acceptors (Lipinski definition) is 4. The normalized spacial score (nSPS) is 15.4. The molecule has 1 saturated carbocycles. The number of ether oxygens (including phenoxy) is 2. The highest BCUT2D eigenvalue weighted by molar-refractivity contribution is 5.79. The maximum absolute atomic E-state index is 12.7.